The highest BCUT2D eigenvalue weighted by Gasteiger charge is 2.24. The predicted molar refractivity (Wildman–Crippen MR) is 259 cm³/mol. The smallest absolute Gasteiger partial charge is 0.0538 e. The molecular weight excluding hydrogens is 737 g/mol. The number of allylic oxidation sites excluding steroid dienone is 1. The van der Waals surface area contributed by atoms with E-state index in [4.69, 9.17) is 0 Å². The molecule has 0 N–H and O–H groups in total. The quantitative estimate of drug-likeness (QED) is 0.149. The van der Waals surface area contributed by atoms with Gasteiger partial charge < -0.3 is 9.47 Å². The summed E-state index contributed by atoms with van der Waals surface area (Å²) < 4.78 is 2.44. The van der Waals surface area contributed by atoms with Crippen molar-refractivity contribution in [2.45, 2.75) is 19.3 Å². The average Bonchev–Trinajstić information content (AvgIpc) is 3.67. The van der Waals surface area contributed by atoms with Crippen LogP contribution in [0, 0.1) is 0 Å². The topological polar surface area (TPSA) is 8.17 Å². The molecule has 0 spiro atoms. The summed E-state index contributed by atoms with van der Waals surface area (Å²) in [6, 6.07) is 79.5. The lowest BCUT2D eigenvalue weighted by Gasteiger charge is -2.27. The van der Waals surface area contributed by atoms with Crippen LogP contribution in [0.15, 0.2) is 224 Å². The van der Waals surface area contributed by atoms with E-state index < -0.39 is 0 Å². The molecule has 0 bridgehead atoms. The zero-order valence-corrected chi connectivity index (χ0v) is 34.1. The van der Waals surface area contributed by atoms with E-state index in [1.54, 1.807) is 0 Å². The summed E-state index contributed by atoms with van der Waals surface area (Å²) in [5.41, 5.74) is 18.1. The van der Waals surface area contributed by atoms with E-state index >= 15 is 0 Å². The van der Waals surface area contributed by atoms with Crippen LogP contribution in [0.2, 0.25) is 0 Å². The number of para-hydroxylation sites is 1. The fourth-order valence-corrected chi connectivity index (χ4v) is 9.51. The highest BCUT2D eigenvalue weighted by atomic mass is 15.1. The molecule has 0 radical (unpaired) electrons. The van der Waals surface area contributed by atoms with E-state index in [1.807, 2.05) is 0 Å². The van der Waals surface area contributed by atoms with Gasteiger partial charge >= 0.3 is 0 Å². The molecule has 10 aromatic rings. The Morgan fingerprint density at radius 1 is 0.443 bits per heavy atom. The molecule has 1 heterocycles. The number of aromatic nitrogens is 1. The first kappa shape index (κ1) is 36.4. The summed E-state index contributed by atoms with van der Waals surface area (Å²) in [6.07, 6.45) is 5.70. The fourth-order valence-electron chi connectivity index (χ4n) is 9.51. The highest BCUT2D eigenvalue weighted by molar-refractivity contribution is 6.08. The molecule has 1 aliphatic rings. The summed E-state index contributed by atoms with van der Waals surface area (Å²) in [6.45, 7) is 2.37. The second-order valence-corrected chi connectivity index (χ2v) is 16.2. The van der Waals surface area contributed by atoms with Gasteiger partial charge in [0.1, 0.15) is 0 Å². The maximum Gasteiger partial charge on any atom is 0.0538 e. The standard InChI is InChI=1S/C59H44N2/c1-41-16-11-31-57-58(41)55-40-48(34-37-56(55)61(57)49-25-9-4-10-26-49)54-30-15-22-45-21-14-29-53(59(45)54)44-32-35-50(36-33-44)60(51-27-12-23-46(38-51)42-17-5-2-6-18-42)52-28-13-24-47(39-52)43-19-7-3-8-20-43/h2-15,17-41H,16H2,1H3. The molecule has 1 aromatic heterocycles. The van der Waals surface area contributed by atoms with Crippen LogP contribution in [-0.2, 0) is 0 Å². The molecule has 2 nitrogen and oxygen atoms in total. The Morgan fingerprint density at radius 3 is 1.61 bits per heavy atom. The van der Waals surface area contributed by atoms with Crippen LogP contribution in [0.1, 0.15) is 30.5 Å². The number of benzene rings is 9. The molecule has 1 atom stereocenters. The fraction of sp³-hybridized carbons (Fsp3) is 0.0508. The van der Waals surface area contributed by atoms with Crippen molar-refractivity contribution in [2.24, 2.45) is 0 Å². The van der Waals surface area contributed by atoms with Crippen molar-refractivity contribution in [3.05, 3.63) is 236 Å². The Kier molecular flexibility index (Phi) is 9.24. The van der Waals surface area contributed by atoms with Crippen molar-refractivity contribution in [2.75, 3.05) is 4.90 Å². The molecule has 0 saturated carbocycles. The molecule has 0 aliphatic heterocycles. The lowest BCUT2D eigenvalue weighted by molar-refractivity contribution is 0.773. The normalized spacial score (nSPS) is 13.4. The molecule has 0 amide bonds. The van der Waals surface area contributed by atoms with E-state index in [0.717, 1.165) is 23.5 Å². The Labute approximate surface area is 358 Å². The van der Waals surface area contributed by atoms with Crippen LogP contribution < -0.4 is 4.90 Å². The second kappa shape index (κ2) is 15.5. The van der Waals surface area contributed by atoms with Crippen LogP contribution in [0.4, 0.5) is 17.1 Å². The number of fused-ring (bicyclic) bond motifs is 4. The van der Waals surface area contributed by atoms with Crippen molar-refractivity contribution in [3.8, 4) is 50.2 Å². The third-order valence-electron chi connectivity index (χ3n) is 12.4. The van der Waals surface area contributed by atoms with E-state index in [2.05, 4.69) is 247 Å². The Balaban J connectivity index is 1.03. The van der Waals surface area contributed by atoms with Gasteiger partial charge in [-0.3, -0.25) is 0 Å². The van der Waals surface area contributed by atoms with E-state index in [-0.39, 0.29) is 0 Å². The minimum Gasteiger partial charge on any atom is -0.310 e. The van der Waals surface area contributed by atoms with Crippen LogP contribution in [0.25, 0.3) is 77.9 Å². The highest BCUT2D eigenvalue weighted by Crippen LogP contribution is 2.44. The lowest BCUT2D eigenvalue weighted by atomic mass is 9.88. The molecule has 0 saturated heterocycles. The predicted octanol–water partition coefficient (Wildman–Crippen LogP) is 16.4. The molecular formula is C59H44N2. The van der Waals surface area contributed by atoms with Crippen molar-refractivity contribution >= 4 is 44.8 Å². The van der Waals surface area contributed by atoms with Gasteiger partial charge in [0.25, 0.3) is 0 Å². The zero-order chi connectivity index (χ0) is 40.7. The number of hydrogen-bond acceptors (Lipinski definition) is 1. The zero-order valence-electron chi connectivity index (χ0n) is 34.1. The third kappa shape index (κ3) is 6.63. The van der Waals surface area contributed by atoms with Crippen LogP contribution in [0.5, 0.6) is 0 Å². The van der Waals surface area contributed by atoms with E-state index in [9.17, 15) is 0 Å². The van der Waals surface area contributed by atoms with Crippen molar-refractivity contribution < 1.29 is 0 Å². The largest absolute Gasteiger partial charge is 0.310 e. The Morgan fingerprint density at radius 2 is 0.984 bits per heavy atom. The van der Waals surface area contributed by atoms with Crippen LogP contribution in [-0.4, -0.2) is 4.57 Å². The summed E-state index contributed by atoms with van der Waals surface area (Å²) in [5, 5.41) is 3.83. The van der Waals surface area contributed by atoms with Crippen LogP contribution >= 0.6 is 0 Å². The van der Waals surface area contributed by atoms with Crippen molar-refractivity contribution in [1.29, 1.82) is 0 Å². The molecule has 1 aliphatic carbocycles. The first-order valence-corrected chi connectivity index (χ1v) is 21.3. The minimum absolute atomic E-state index is 0.436. The van der Waals surface area contributed by atoms with Gasteiger partial charge in [-0.1, -0.05) is 171 Å². The van der Waals surface area contributed by atoms with Crippen LogP contribution in [0.3, 0.4) is 0 Å². The molecule has 9 aromatic carbocycles. The van der Waals surface area contributed by atoms with Gasteiger partial charge in [0.05, 0.1) is 5.52 Å². The molecule has 290 valence electrons. The maximum absolute atomic E-state index is 2.45. The monoisotopic (exact) mass is 780 g/mol. The Hall–Kier alpha value is -7.68. The van der Waals surface area contributed by atoms with Gasteiger partial charge in [0, 0.05) is 33.8 Å². The van der Waals surface area contributed by atoms with Gasteiger partial charge in [-0.05, 0) is 140 Å². The van der Waals surface area contributed by atoms with Gasteiger partial charge in [0.15, 0.2) is 0 Å². The van der Waals surface area contributed by atoms with Crippen molar-refractivity contribution in [1.82, 2.24) is 4.57 Å². The number of rotatable bonds is 8. The van der Waals surface area contributed by atoms with E-state index in [0.29, 0.717) is 5.92 Å². The summed E-state index contributed by atoms with van der Waals surface area (Å²) >= 11 is 0. The van der Waals surface area contributed by atoms with Gasteiger partial charge in [-0.25, -0.2) is 0 Å². The molecule has 2 heteroatoms. The molecule has 1 unspecified atom stereocenters. The number of nitrogens with zero attached hydrogens (tertiary/aromatic N) is 2. The Bertz CT molecular complexity index is 3120. The summed E-state index contributed by atoms with van der Waals surface area (Å²) in [4.78, 5) is 2.38. The third-order valence-corrected chi connectivity index (χ3v) is 12.4. The molecule has 61 heavy (non-hydrogen) atoms. The summed E-state index contributed by atoms with van der Waals surface area (Å²) in [5.74, 6) is 0.436. The van der Waals surface area contributed by atoms with E-state index in [1.165, 1.54) is 83.1 Å². The second-order valence-electron chi connectivity index (χ2n) is 16.2. The number of anilines is 3. The van der Waals surface area contributed by atoms with Gasteiger partial charge in [0.2, 0.25) is 0 Å². The summed E-state index contributed by atoms with van der Waals surface area (Å²) in [7, 11) is 0. The lowest BCUT2D eigenvalue weighted by Crippen LogP contribution is -2.10. The maximum atomic E-state index is 2.45. The van der Waals surface area contributed by atoms with Crippen molar-refractivity contribution in [3.63, 3.8) is 0 Å². The molecule has 11 rings (SSSR count). The first-order chi connectivity index (χ1) is 30.2. The SMILES string of the molecule is CC1CC=Cc2c1c1cc(-c3cccc4cccc(-c5ccc(N(c6cccc(-c7ccccc7)c6)c6cccc(-c7ccccc7)c6)cc5)c34)ccc1n2-c1ccccc1. The number of hydrogen-bond donors (Lipinski definition) is 0. The average molecular weight is 781 g/mol. The minimum atomic E-state index is 0.436. The van der Waals surface area contributed by atoms with Gasteiger partial charge in [-0.2, -0.15) is 0 Å². The first-order valence-electron chi connectivity index (χ1n) is 21.3. The molecule has 0 fully saturated rings. The van der Waals surface area contributed by atoms with Gasteiger partial charge in [-0.15, -0.1) is 0 Å².